The number of amides is 1. The second kappa shape index (κ2) is 10.1. The number of fused-ring (bicyclic) bond motifs is 6. The summed E-state index contributed by atoms with van der Waals surface area (Å²) in [5.41, 5.74) is 1.20. The van der Waals surface area contributed by atoms with E-state index < -0.39 is 11.5 Å². The fraction of sp³-hybridized carbons (Fsp3) is 0.393. The predicted octanol–water partition coefficient (Wildman–Crippen LogP) is 2.57. The Balaban J connectivity index is 1.64. The molecule has 6 heterocycles. The largest absolute Gasteiger partial charge is 0.491 e. The van der Waals surface area contributed by atoms with Crippen molar-refractivity contribution in [3.63, 3.8) is 0 Å². The highest BCUT2D eigenvalue weighted by molar-refractivity contribution is 5.90. The van der Waals surface area contributed by atoms with Gasteiger partial charge in [0.15, 0.2) is 17.3 Å². The van der Waals surface area contributed by atoms with E-state index in [0.717, 1.165) is 0 Å². The van der Waals surface area contributed by atoms with Gasteiger partial charge in [-0.25, -0.2) is 18.7 Å². The molecule has 0 N–H and O–H groups in total. The van der Waals surface area contributed by atoms with Crippen molar-refractivity contribution in [1.29, 1.82) is 0 Å². The molecule has 12 nitrogen and oxygen atoms in total. The summed E-state index contributed by atoms with van der Waals surface area (Å²) in [5, 5.41) is 8.55. The highest BCUT2D eigenvalue weighted by atomic mass is 19.1. The van der Waals surface area contributed by atoms with Gasteiger partial charge in [0.2, 0.25) is 5.91 Å². The molecule has 0 aromatic carbocycles. The number of anilines is 1. The van der Waals surface area contributed by atoms with Gasteiger partial charge < -0.3 is 14.5 Å². The third kappa shape index (κ3) is 4.41. The average molecular weight is 560 g/mol. The molecule has 2 unspecified atom stereocenters. The molecular formula is C28H30FN9O3. The standard InChI is InChI=1S/C28H30FN9O3/c1-6-22(39)37-16(4)12-35(13-17(37)5)25-19-11-20(29)27-31-26(19)38(28(40)32-25)24-21(7-9-30-23(24)15(2)3)41-10-8-18-14-36(27)34-33-18/h6-7,9,11,14-17H,1,8,10,12-13H2,2-5H3. The van der Waals surface area contributed by atoms with Gasteiger partial charge in [-0.15, -0.1) is 5.10 Å². The number of carbonyl (C=O) groups is 1. The van der Waals surface area contributed by atoms with Crippen molar-refractivity contribution < 1.29 is 13.9 Å². The Morgan fingerprint density at radius 2 is 1.95 bits per heavy atom. The van der Waals surface area contributed by atoms with Crippen LogP contribution in [0.3, 0.4) is 0 Å². The van der Waals surface area contributed by atoms with E-state index in [1.165, 1.54) is 21.4 Å². The SMILES string of the molecule is C=CC(=O)N1C(C)CN(c2nc(=O)n3c4nc(c(F)cc24)-n2cc(nn2)CCOc2ccnc(C(C)C)c2-3)CC1C. The third-order valence-corrected chi connectivity index (χ3v) is 7.49. The first-order valence-electron chi connectivity index (χ1n) is 13.5. The molecule has 2 aliphatic heterocycles. The fourth-order valence-electron chi connectivity index (χ4n) is 5.73. The van der Waals surface area contributed by atoms with E-state index in [4.69, 9.17) is 4.74 Å². The lowest BCUT2D eigenvalue weighted by molar-refractivity contribution is -0.130. The molecule has 2 atom stereocenters. The number of pyridine rings is 2. The minimum absolute atomic E-state index is 0.0761. The van der Waals surface area contributed by atoms with Crippen LogP contribution in [0.2, 0.25) is 0 Å². The van der Waals surface area contributed by atoms with E-state index in [1.54, 1.807) is 23.4 Å². The first-order valence-corrected chi connectivity index (χ1v) is 13.5. The van der Waals surface area contributed by atoms with Crippen LogP contribution in [0.4, 0.5) is 10.2 Å². The maximum Gasteiger partial charge on any atom is 0.356 e. The molecule has 1 fully saturated rings. The van der Waals surface area contributed by atoms with E-state index in [1.807, 2.05) is 32.6 Å². The Bertz CT molecular complexity index is 1740. The van der Waals surface area contributed by atoms with Crippen molar-refractivity contribution in [2.45, 2.75) is 52.1 Å². The summed E-state index contributed by atoms with van der Waals surface area (Å²) in [4.78, 5) is 43.9. The molecule has 0 radical (unpaired) electrons. The number of piperazine rings is 1. The van der Waals surface area contributed by atoms with Crippen molar-refractivity contribution in [3.8, 4) is 17.3 Å². The number of hydrogen-bond donors (Lipinski definition) is 0. The molecule has 41 heavy (non-hydrogen) atoms. The van der Waals surface area contributed by atoms with Gasteiger partial charge in [0.1, 0.15) is 17.3 Å². The van der Waals surface area contributed by atoms with Crippen LogP contribution in [0.5, 0.6) is 5.75 Å². The normalized spacial score (nSPS) is 18.6. The highest BCUT2D eigenvalue weighted by Crippen LogP contribution is 2.34. The van der Waals surface area contributed by atoms with E-state index in [2.05, 4.69) is 31.8 Å². The zero-order chi connectivity index (χ0) is 29.0. The fourth-order valence-corrected chi connectivity index (χ4v) is 5.73. The molecule has 6 rings (SSSR count). The molecule has 0 aliphatic carbocycles. The lowest BCUT2D eigenvalue weighted by Gasteiger charge is -2.44. The second-order valence-electron chi connectivity index (χ2n) is 10.7. The Morgan fingerprint density at radius 1 is 1.20 bits per heavy atom. The molecule has 4 bridgehead atoms. The summed E-state index contributed by atoms with van der Waals surface area (Å²) in [6.07, 6.45) is 4.94. The highest BCUT2D eigenvalue weighted by Gasteiger charge is 2.34. The van der Waals surface area contributed by atoms with Gasteiger partial charge in [0.05, 0.1) is 29.6 Å². The van der Waals surface area contributed by atoms with Crippen molar-refractivity contribution in [3.05, 3.63) is 64.9 Å². The summed E-state index contributed by atoms with van der Waals surface area (Å²) >= 11 is 0. The van der Waals surface area contributed by atoms with E-state index >= 15 is 4.39 Å². The van der Waals surface area contributed by atoms with Crippen LogP contribution in [-0.2, 0) is 11.2 Å². The minimum atomic E-state index is -0.646. The van der Waals surface area contributed by atoms with Crippen LogP contribution in [0.15, 0.2) is 42.0 Å². The summed E-state index contributed by atoms with van der Waals surface area (Å²) in [6.45, 7) is 12.4. The first-order chi connectivity index (χ1) is 19.7. The maximum atomic E-state index is 15.8. The second-order valence-corrected chi connectivity index (χ2v) is 10.7. The Morgan fingerprint density at radius 3 is 2.66 bits per heavy atom. The quantitative estimate of drug-likeness (QED) is 0.348. The molecule has 13 heteroatoms. The summed E-state index contributed by atoms with van der Waals surface area (Å²) < 4.78 is 24.6. The van der Waals surface area contributed by atoms with Crippen LogP contribution in [0, 0.1) is 5.82 Å². The predicted molar refractivity (Wildman–Crippen MR) is 149 cm³/mol. The van der Waals surface area contributed by atoms with Crippen molar-refractivity contribution >= 4 is 22.8 Å². The topological polar surface area (TPSA) is 124 Å². The van der Waals surface area contributed by atoms with Gasteiger partial charge in [-0.1, -0.05) is 25.6 Å². The Hall–Kier alpha value is -4.68. The molecule has 2 aliphatic rings. The molecule has 4 aromatic heterocycles. The van der Waals surface area contributed by atoms with Gasteiger partial charge in [0.25, 0.3) is 0 Å². The Kier molecular flexibility index (Phi) is 6.51. The number of ether oxygens (including phenoxy) is 1. The van der Waals surface area contributed by atoms with Gasteiger partial charge in [0, 0.05) is 43.9 Å². The summed E-state index contributed by atoms with van der Waals surface area (Å²) in [6, 6.07) is 2.60. The van der Waals surface area contributed by atoms with Gasteiger partial charge in [-0.2, -0.15) is 9.67 Å². The van der Waals surface area contributed by atoms with Crippen LogP contribution in [-0.4, -0.2) is 77.1 Å². The summed E-state index contributed by atoms with van der Waals surface area (Å²) in [5.74, 6) is -0.272. The number of halogens is 1. The molecule has 0 spiro atoms. The molecule has 1 saturated heterocycles. The Labute approximate surface area is 235 Å². The van der Waals surface area contributed by atoms with E-state index in [9.17, 15) is 9.59 Å². The summed E-state index contributed by atoms with van der Waals surface area (Å²) in [7, 11) is 0. The first kappa shape index (κ1) is 26.5. The van der Waals surface area contributed by atoms with Crippen LogP contribution in [0.25, 0.3) is 22.5 Å². The smallest absolute Gasteiger partial charge is 0.356 e. The van der Waals surface area contributed by atoms with Gasteiger partial charge in [-0.3, -0.25) is 9.78 Å². The third-order valence-electron chi connectivity index (χ3n) is 7.49. The number of carbonyl (C=O) groups excluding carboxylic acids is 1. The van der Waals surface area contributed by atoms with Gasteiger partial charge in [-0.05, 0) is 31.9 Å². The van der Waals surface area contributed by atoms with Crippen molar-refractivity contribution in [2.75, 3.05) is 24.6 Å². The molecular weight excluding hydrogens is 529 g/mol. The molecule has 1 amide bonds. The zero-order valence-electron chi connectivity index (χ0n) is 23.3. The number of rotatable bonds is 3. The average Bonchev–Trinajstić information content (AvgIpc) is 3.40. The van der Waals surface area contributed by atoms with Crippen LogP contribution in [0.1, 0.15) is 45.0 Å². The zero-order valence-corrected chi connectivity index (χ0v) is 23.3. The van der Waals surface area contributed by atoms with Crippen molar-refractivity contribution in [1.82, 2.24) is 39.4 Å². The van der Waals surface area contributed by atoms with E-state index in [-0.39, 0.29) is 47.8 Å². The lowest BCUT2D eigenvalue weighted by atomic mass is 10.1. The molecule has 4 aromatic rings. The lowest BCUT2D eigenvalue weighted by Crippen LogP contribution is -2.58. The number of nitrogens with zero attached hydrogens (tertiary/aromatic N) is 9. The maximum absolute atomic E-state index is 15.8. The minimum Gasteiger partial charge on any atom is -0.491 e. The number of aromatic nitrogens is 7. The monoisotopic (exact) mass is 559 g/mol. The van der Waals surface area contributed by atoms with E-state index in [0.29, 0.717) is 47.7 Å². The van der Waals surface area contributed by atoms with Crippen LogP contribution >= 0.6 is 0 Å². The van der Waals surface area contributed by atoms with Crippen LogP contribution < -0.4 is 15.3 Å². The molecule has 0 saturated carbocycles. The van der Waals surface area contributed by atoms with Crippen molar-refractivity contribution in [2.24, 2.45) is 0 Å². The van der Waals surface area contributed by atoms with Gasteiger partial charge >= 0.3 is 5.69 Å². The number of hydrogen-bond acceptors (Lipinski definition) is 9. The molecule has 212 valence electrons.